The molecule has 1 amide bonds. The molecule has 6 heteroatoms. The molecule has 0 spiro atoms. The maximum atomic E-state index is 12.6. The number of nitrogens with zero attached hydrogens (tertiary/aromatic N) is 2. The van der Waals surface area contributed by atoms with Crippen LogP contribution in [0.1, 0.15) is 50.5 Å². The summed E-state index contributed by atoms with van der Waals surface area (Å²) in [4.78, 5) is 24.4. The molecule has 2 N–H and O–H groups in total. The van der Waals surface area contributed by atoms with Gasteiger partial charge < -0.3 is 0 Å². The summed E-state index contributed by atoms with van der Waals surface area (Å²) in [6.45, 7) is 6.59. The molecule has 1 aromatic heterocycles. The highest BCUT2D eigenvalue weighted by molar-refractivity contribution is 6.05. The zero-order valence-corrected chi connectivity index (χ0v) is 14.9. The van der Waals surface area contributed by atoms with Gasteiger partial charge in [0.25, 0.3) is 11.5 Å². The normalized spacial score (nSPS) is 22.5. The summed E-state index contributed by atoms with van der Waals surface area (Å²) >= 11 is 0. The van der Waals surface area contributed by atoms with Crippen LogP contribution >= 0.6 is 0 Å². The van der Waals surface area contributed by atoms with Crippen molar-refractivity contribution in [3.8, 4) is 0 Å². The zero-order chi connectivity index (χ0) is 18.0. The van der Waals surface area contributed by atoms with E-state index in [4.69, 9.17) is 0 Å². The maximum absolute atomic E-state index is 12.6. The van der Waals surface area contributed by atoms with E-state index >= 15 is 0 Å². The summed E-state index contributed by atoms with van der Waals surface area (Å²) in [6.07, 6.45) is 3.21. The van der Waals surface area contributed by atoms with E-state index in [0.29, 0.717) is 28.5 Å². The maximum Gasteiger partial charge on any atom is 0.292 e. The number of carbonyl (C=O) groups is 1. The standard InChI is InChI=1S/C19H24N4O2/c1-11(2)13-9-8-12(3)10-16(13)20-23-19(25)17-14-6-4-5-7-15(14)18(24)22-21-17/h4-7,11-13H,8-10H2,1-3H3,(H,22,24)(H,23,25)/b20-16-/t12-,13-/m0/s1. The fourth-order valence-electron chi connectivity index (χ4n) is 3.55. The van der Waals surface area contributed by atoms with Gasteiger partial charge in [0.2, 0.25) is 0 Å². The SMILES string of the molecule is CC(C)[C@@H]1CC[C@H](C)C/C1=N/NC(=O)c1n[nH]c(=O)c2ccccc12. The Bertz CT molecular complexity index is 869. The van der Waals surface area contributed by atoms with E-state index in [0.717, 1.165) is 18.6 Å². The monoisotopic (exact) mass is 340 g/mol. The highest BCUT2D eigenvalue weighted by atomic mass is 16.2. The van der Waals surface area contributed by atoms with Crippen LogP contribution in [0, 0.1) is 17.8 Å². The number of benzene rings is 1. The van der Waals surface area contributed by atoms with Crippen molar-refractivity contribution in [2.45, 2.75) is 40.0 Å². The third-order valence-electron chi connectivity index (χ3n) is 4.97. The summed E-state index contributed by atoms with van der Waals surface area (Å²) < 4.78 is 0. The van der Waals surface area contributed by atoms with E-state index in [1.165, 1.54) is 6.42 Å². The van der Waals surface area contributed by atoms with Gasteiger partial charge in [-0.05, 0) is 37.2 Å². The molecule has 132 valence electrons. The van der Waals surface area contributed by atoms with Crippen molar-refractivity contribution in [2.24, 2.45) is 22.9 Å². The quantitative estimate of drug-likeness (QED) is 0.842. The van der Waals surface area contributed by atoms with Crippen molar-refractivity contribution < 1.29 is 4.79 Å². The third-order valence-corrected chi connectivity index (χ3v) is 4.97. The van der Waals surface area contributed by atoms with Gasteiger partial charge in [0.05, 0.1) is 5.39 Å². The lowest BCUT2D eigenvalue weighted by Crippen LogP contribution is -2.31. The van der Waals surface area contributed by atoms with Gasteiger partial charge in [-0.25, -0.2) is 10.5 Å². The molecular formula is C19H24N4O2. The van der Waals surface area contributed by atoms with Crippen LogP contribution < -0.4 is 11.0 Å². The van der Waals surface area contributed by atoms with E-state index in [9.17, 15) is 9.59 Å². The molecule has 1 fully saturated rings. The molecule has 2 aromatic rings. The lowest BCUT2D eigenvalue weighted by Gasteiger charge is -2.30. The van der Waals surface area contributed by atoms with E-state index < -0.39 is 5.91 Å². The second-order valence-corrected chi connectivity index (χ2v) is 7.23. The number of hydrazone groups is 1. The number of rotatable bonds is 3. The highest BCUT2D eigenvalue weighted by Crippen LogP contribution is 2.31. The number of fused-ring (bicyclic) bond motifs is 1. The van der Waals surface area contributed by atoms with Gasteiger partial charge in [-0.2, -0.15) is 10.2 Å². The molecule has 0 saturated heterocycles. The van der Waals surface area contributed by atoms with Gasteiger partial charge in [0, 0.05) is 17.0 Å². The fraction of sp³-hybridized carbons (Fsp3) is 0.474. The van der Waals surface area contributed by atoms with E-state index in [2.05, 4.69) is 41.5 Å². The Hall–Kier alpha value is -2.50. The molecule has 1 aliphatic carbocycles. The first kappa shape index (κ1) is 17.3. The summed E-state index contributed by atoms with van der Waals surface area (Å²) in [7, 11) is 0. The lowest BCUT2D eigenvalue weighted by molar-refractivity contribution is 0.0950. The van der Waals surface area contributed by atoms with Crippen LogP contribution in [-0.4, -0.2) is 21.8 Å². The third kappa shape index (κ3) is 3.62. The number of aromatic amines is 1. The molecule has 0 aliphatic heterocycles. The number of H-pyrrole nitrogens is 1. The molecule has 0 bridgehead atoms. The molecule has 1 aliphatic rings. The van der Waals surface area contributed by atoms with Crippen LogP contribution in [0.2, 0.25) is 0 Å². The lowest BCUT2D eigenvalue weighted by atomic mass is 9.76. The van der Waals surface area contributed by atoms with Crippen LogP contribution in [0.15, 0.2) is 34.2 Å². The molecule has 25 heavy (non-hydrogen) atoms. The average Bonchev–Trinajstić information content (AvgIpc) is 2.60. The Morgan fingerprint density at radius 1 is 1.28 bits per heavy atom. The first-order valence-electron chi connectivity index (χ1n) is 8.81. The molecule has 6 nitrogen and oxygen atoms in total. The number of nitrogens with one attached hydrogen (secondary N) is 2. The van der Waals surface area contributed by atoms with Crippen molar-refractivity contribution >= 4 is 22.4 Å². The van der Waals surface area contributed by atoms with Gasteiger partial charge in [-0.1, -0.05) is 39.0 Å². The van der Waals surface area contributed by atoms with Crippen molar-refractivity contribution in [1.29, 1.82) is 0 Å². The average molecular weight is 340 g/mol. The Labute approximate surface area is 146 Å². The van der Waals surface area contributed by atoms with Gasteiger partial charge in [-0.15, -0.1) is 0 Å². The topological polar surface area (TPSA) is 87.2 Å². The van der Waals surface area contributed by atoms with Crippen molar-refractivity contribution in [3.05, 3.63) is 40.3 Å². The molecule has 1 aromatic carbocycles. The van der Waals surface area contributed by atoms with Crippen LogP contribution in [0.5, 0.6) is 0 Å². The van der Waals surface area contributed by atoms with Crippen molar-refractivity contribution in [1.82, 2.24) is 15.6 Å². The van der Waals surface area contributed by atoms with E-state index in [1.54, 1.807) is 24.3 Å². The van der Waals surface area contributed by atoms with Gasteiger partial charge in [-0.3, -0.25) is 9.59 Å². The summed E-state index contributed by atoms with van der Waals surface area (Å²) in [5.74, 6) is 1.07. The predicted molar refractivity (Wildman–Crippen MR) is 98.6 cm³/mol. The van der Waals surface area contributed by atoms with Gasteiger partial charge in [0.1, 0.15) is 0 Å². The number of amides is 1. The Morgan fingerprint density at radius 2 is 2.00 bits per heavy atom. The second kappa shape index (κ2) is 7.17. The Morgan fingerprint density at radius 3 is 2.72 bits per heavy atom. The number of aromatic nitrogens is 2. The van der Waals surface area contributed by atoms with Crippen molar-refractivity contribution in [3.63, 3.8) is 0 Å². The van der Waals surface area contributed by atoms with E-state index in [1.807, 2.05) is 0 Å². The molecule has 2 atom stereocenters. The predicted octanol–water partition coefficient (Wildman–Crippen LogP) is 3.10. The zero-order valence-electron chi connectivity index (χ0n) is 14.9. The van der Waals surface area contributed by atoms with Crippen LogP contribution in [-0.2, 0) is 0 Å². The largest absolute Gasteiger partial charge is 0.292 e. The molecule has 0 unspecified atom stereocenters. The molecular weight excluding hydrogens is 316 g/mol. The van der Waals surface area contributed by atoms with Crippen molar-refractivity contribution in [2.75, 3.05) is 0 Å². The number of hydrogen-bond acceptors (Lipinski definition) is 4. The Kier molecular flexibility index (Phi) is 4.97. The first-order chi connectivity index (χ1) is 12.0. The van der Waals surface area contributed by atoms with E-state index in [-0.39, 0.29) is 11.3 Å². The second-order valence-electron chi connectivity index (χ2n) is 7.23. The van der Waals surface area contributed by atoms with Crippen LogP contribution in [0.25, 0.3) is 10.8 Å². The summed E-state index contributed by atoms with van der Waals surface area (Å²) in [5.41, 5.74) is 3.58. The molecule has 3 rings (SSSR count). The van der Waals surface area contributed by atoms with Gasteiger partial charge >= 0.3 is 0 Å². The number of hydrogen-bond donors (Lipinski definition) is 2. The molecule has 1 heterocycles. The fourth-order valence-corrected chi connectivity index (χ4v) is 3.55. The Balaban J connectivity index is 1.87. The number of carbonyl (C=O) groups excluding carboxylic acids is 1. The minimum Gasteiger partial charge on any atom is -0.267 e. The first-order valence-corrected chi connectivity index (χ1v) is 8.81. The van der Waals surface area contributed by atoms with Crippen LogP contribution in [0.4, 0.5) is 0 Å². The minimum atomic E-state index is -0.402. The molecule has 1 saturated carbocycles. The summed E-state index contributed by atoms with van der Waals surface area (Å²) in [6, 6.07) is 6.94. The van der Waals surface area contributed by atoms with Gasteiger partial charge in [0.15, 0.2) is 5.69 Å². The smallest absolute Gasteiger partial charge is 0.267 e. The highest BCUT2D eigenvalue weighted by Gasteiger charge is 2.27. The molecule has 0 radical (unpaired) electrons. The summed E-state index contributed by atoms with van der Waals surface area (Å²) in [5, 5.41) is 11.7. The van der Waals surface area contributed by atoms with Crippen LogP contribution in [0.3, 0.4) is 0 Å². The minimum absolute atomic E-state index is 0.185.